The van der Waals surface area contributed by atoms with Crippen molar-refractivity contribution in [1.82, 2.24) is 20.3 Å². The number of aryl methyl sites for hydroxylation is 1. The van der Waals surface area contributed by atoms with Gasteiger partial charge in [0.2, 0.25) is 0 Å². The van der Waals surface area contributed by atoms with Crippen LogP contribution in [-0.2, 0) is 4.79 Å². The summed E-state index contributed by atoms with van der Waals surface area (Å²) in [5.74, 6) is -0.446. The minimum Gasteiger partial charge on any atom is -0.481 e. The molecule has 2 rings (SSSR count). The Kier molecular flexibility index (Phi) is 6.16. The van der Waals surface area contributed by atoms with E-state index in [4.69, 9.17) is 5.11 Å². The van der Waals surface area contributed by atoms with E-state index in [1.807, 2.05) is 0 Å². The predicted octanol–water partition coefficient (Wildman–Crippen LogP) is 2.28. The van der Waals surface area contributed by atoms with Gasteiger partial charge in [-0.1, -0.05) is 6.42 Å². The zero-order chi connectivity index (χ0) is 16.7. The molecule has 2 heterocycles. The molecule has 0 aliphatic heterocycles. The number of nitrogens with zero attached hydrogens (tertiary/aromatic N) is 3. The lowest BCUT2D eigenvalue weighted by Gasteiger charge is -2.03. The maximum atomic E-state index is 12.2. The lowest BCUT2D eigenvalue weighted by molar-refractivity contribution is -0.137. The Morgan fingerprint density at radius 1 is 1.22 bits per heavy atom. The molecule has 122 valence electrons. The van der Waals surface area contributed by atoms with Crippen LogP contribution in [0.4, 0.5) is 0 Å². The zero-order valence-corrected chi connectivity index (χ0v) is 13.6. The second-order valence-corrected chi connectivity index (χ2v) is 5.97. The summed E-state index contributed by atoms with van der Waals surface area (Å²) in [5.41, 5.74) is 0.654. The van der Waals surface area contributed by atoms with Crippen LogP contribution in [-0.4, -0.2) is 38.5 Å². The molecule has 0 aromatic carbocycles. The predicted molar refractivity (Wildman–Crippen MR) is 86.3 cm³/mol. The molecule has 0 aliphatic carbocycles. The zero-order valence-electron chi connectivity index (χ0n) is 12.8. The fourth-order valence-corrected chi connectivity index (χ4v) is 2.90. The van der Waals surface area contributed by atoms with Gasteiger partial charge in [0.15, 0.2) is 10.8 Å². The Balaban J connectivity index is 1.85. The standard InChI is InChI=1S/C15H18N4O3S/c1-10-12(14(22)18-7-4-2-3-6-11(20)21)23-15(19-10)13-16-8-5-9-17-13/h5,8-9H,2-4,6-7H2,1H3,(H,18,22)(H,20,21). The van der Waals surface area contributed by atoms with E-state index in [0.717, 1.165) is 12.8 Å². The Bertz CT molecular complexity index is 673. The van der Waals surface area contributed by atoms with Crippen LogP contribution in [0.2, 0.25) is 0 Å². The fourth-order valence-electron chi connectivity index (χ4n) is 1.97. The van der Waals surface area contributed by atoms with Crippen LogP contribution in [0.5, 0.6) is 0 Å². The van der Waals surface area contributed by atoms with Crippen molar-refractivity contribution < 1.29 is 14.7 Å². The summed E-state index contributed by atoms with van der Waals surface area (Å²) in [5, 5.41) is 12.0. The molecule has 23 heavy (non-hydrogen) atoms. The van der Waals surface area contributed by atoms with Gasteiger partial charge in [-0.05, 0) is 25.8 Å². The first-order chi connectivity index (χ1) is 11.1. The van der Waals surface area contributed by atoms with Crippen LogP contribution in [0, 0.1) is 6.92 Å². The molecule has 0 aliphatic rings. The third-order valence-electron chi connectivity index (χ3n) is 3.11. The van der Waals surface area contributed by atoms with Crippen molar-refractivity contribution in [3.8, 4) is 10.8 Å². The molecule has 2 aromatic heterocycles. The molecule has 0 unspecified atom stereocenters. The lowest BCUT2D eigenvalue weighted by Crippen LogP contribution is -2.24. The molecule has 1 amide bonds. The number of thiazole rings is 1. The molecule has 0 saturated heterocycles. The van der Waals surface area contributed by atoms with Crippen molar-refractivity contribution in [3.63, 3.8) is 0 Å². The highest BCUT2D eigenvalue weighted by molar-refractivity contribution is 7.17. The largest absolute Gasteiger partial charge is 0.481 e. The molecule has 0 spiro atoms. The van der Waals surface area contributed by atoms with Crippen molar-refractivity contribution in [2.24, 2.45) is 0 Å². The van der Waals surface area contributed by atoms with E-state index in [0.29, 0.717) is 34.4 Å². The topological polar surface area (TPSA) is 105 Å². The molecule has 8 heteroatoms. The van der Waals surface area contributed by atoms with E-state index < -0.39 is 5.97 Å². The Morgan fingerprint density at radius 3 is 2.65 bits per heavy atom. The molecular weight excluding hydrogens is 316 g/mol. The smallest absolute Gasteiger partial charge is 0.303 e. The number of aromatic nitrogens is 3. The van der Waals surface area contributed by atoms with E-state index >= 15 is 0 Å². The fraction of sp³-hybridized carbons (Fsp3) is 0.400. The maximum absolute atomic E-state index is 12.2. The number of carboxylic acids is 1. The highest BCUT2D eigenvalue weighted by Gasteiger charge is 2.16. The number of carboxylic acid groups (broad SMARTS) is 1. The summed E-state index contributed by atoms with van der Waals surface area (Å²) in [6, 6.07) is 1.72. The van der Waals surface area contributed by atoms with Crippen molar-refractivity contribution >= 4 is 23.2 Å². The van der Waals surface area contributed by atoms with Crippen LogP contribution in [0.3, 0.4) is 0 Å². The van der Waals surface area contributed by atoms with Crippen molar-refractivity contribution in [2.45, 2.75) is 32.6 Å². The van der Waals surface area contributed by atoms with Crippen LogP contribution in [0.25, 0.3) is 10.8 Å². The third kappa shape index (κ3) is 5.10. The van der Waals surface area contributed by atoms with Gasteiger partial charge in [-0.2, -0.15) is 0 Å². The van der Waals surface area contributed by atoms with Crippen molar-refractivity contribution in [3.05, 3.63) is 29.0 Å². The molecule has 0 saturated carbocycles. The molecule has 2 N–H and O–H groups in total. The van der Waals surface area contributed by atoms with Crippen molar-refractivity contribution in [1.29, 1.82) is 0 Å². The highest BCUT2D eigenvalue weighted by Crippen LogP contribution is 2.24. The number of unbranched alkanes of at least 4 members (excludes halogenated alkanes) is 2. The van der Waals surface area contributed by atoms with E-state index in [2.05, 4.69) is 20.3 Å². The number of hydrogen-bond acceptors (Lipinski definition) is 6. The SMILES string of the molecule is Cc1nc(-c2ncccn2)sc1C(=O)NCCCCCC(=O)O. The molecule has 0 fully saturated rings. The van der Waals surface area contributed by atoms with Gasteiger partial charge >= 0.3 is 5.97 Å². The second kappa shape index (κ2) is 8.33. The van der Waals surface area contributed by atoms with Crippen LogP contribution >= 0.6 is 11.3 Å². The van der Waals surface area contributed by atoms with Gasteiger partial charge in [-0.25, -0.2) is 15.0 Å². The Hall–Kier alpha value is -2.35. The summed E-state index contributed by atoms with van der Waals surface area (Å²) in [6.07, 6.45) is 5.59. The Morgan fingerprint density at radius 2 is 1.96 bits per heavy atom. The average Bonchev–Trinajstić information content (AvgIpc) is 2.93. The van der Waals surface area contributed by atoms with E-state index in [9.17, 15) is 9.59 Å². The summed E-state index contributed by atoms with van der Waals surface area (Å²) in [6.45, 7) is 2.30. The summed E-state index contributed by atoms with van der Waals surface area (Å²) >= 11 is 1.27. The van der Waals surface area contributed by atoms with Gasteiger partial charge in [0.05, 0.1) is 5.69 Å². The van der Waals surface area contributed by atoms with Gasteiger partial charge in [0, 0.05) is 25.4 Å². The quantitative estimate of drug-likeness (QED) is 0.718. The minimum absolute atomic E-state index is 0.166. The number of nitrogens with one attached hydrogen (secondary N) is 1. The lowest BCUT2D eigenvalue weighted by atomic mass is 10.2. The van der Waals surface area contributed by atoms with Gasteiger partial charge in [-0.15, -0.1) is 11.3 Å². The molecule has 0 atom stereocenters. The van der Waals surface area contributed by atoms with Crippen LogP contribution in [0.1, 0.15) is 41.0 Å². The normalized spacial score (nSPS) is 10.5. The van der Waals surface area contributed by atoms with Crippen LogP contribution < -0.4 is 5.32 Å². The second-order valence-electron chi connectivity index (χ2n) is 4.97. The van der Waals surface area contributed by atoms with Gasteiger partial charge < -0.3 is 10.4 Å². The number of carbonyl (C=O) groups excluding carboxylic acids is 1. The Labute approximate surface area is 137 Å². The van der Waals surface area contributed by atoms with Gasteiger partial charge in [0.1, 0.15) is 4.88 Å². The first-order valence-corrected chi connectivity index (χ1v) is 8.14. The van der Waals surface area contributed by atoms with Crippen LogP contribution in [0.15, 0.2) is 18.5 Å². The van der Waals surface area contributed by atoms with E-state index in [1.54, 1.807) is 25.4 Å². The van der Waals surface area contributed by atoms with Gasteiger partial charge in [0.25, 0.3) is 5.91 Å². The number of aliphatic carboxylic acids is 1. The summed E-state index contributed by atoms with van der Waals surface area (Å²) in [7, 11) is 0. The summed E-state index contributed by atoms with van der Waals surface area (Å²) < 4.78 is 0. The minimum atomic E-state index is -0.787. The van der Waals surface area contributed by atoms with E-state index in [-0.39, 0.29) is 12.3 Å². The number of rotatable bonds is 8. The summed E-state index contributed by atoms with van der Waals surface area (Å²) in [4.78, 5) is 35.7. The molecule has 0 bridgehead atoms. The monoisotopic (exact) mass is 334 g/mol. The number of carbonyl (C=O) groups is 2. The average molecular weight is 334 g/mol. The van der Waals surface area contributed by atoms with Crippen molar-refractivity contribution in [2.75, 3.05) is 6.54 Å². The molecule has 0 radical (unpaired) electrons. The maximum Gasteiger partial charge on any atom is 0.303 e. The number of amides is 1. The molecule has 7 nitrogen and oxygen atoms in total. The highest BCUT2D eigenvalue weighted by atomic mass is 32.1. The number of hydrogen-bond donors (Lipinski definition) is 2. The molecule has 2 aromatic rings. The van der Waals surface area contributed by atoms with E-state index in [1.165, 1.54) is 11.3 Å². The first-order valence-electron chi connectivity index (χ1n) is 7.32. The molecular formula is C15H18N4O3S. The first kappa shape index (κ1) is 17.0. The van der Waals surface area contributed by atoms with Gasteiger partial charge in [-0.3, -0.25) is 9.59 Å². The third-order valence-corrected chi connectivity index (χ3v) is 4.27.